The van der Waals surface area contributed by atoms with Crippen molar-refractivity contribution in [2.24, 2.45) is 0 Å². The Morgan fingerprint density at radius 3 is 2.88 bits per heavy atom. The Kier molecular flexibility index (Phi) is 5.30. The molecule has 0 spiro atoms. The summed E-state index contributed by atoms with van der Waals surface area (Å²) in [6.07, 6.45) is 0. The third-order valence-electron chi connectivity index (χ3n) is 3.38. The molecule has 7 heteroatoms. The van der Waals surface area contributed by atoms with Crippen LogP contribution in [0, 0.1) is 0 Å². The number of aromatic nitrogens is 2. The summed E-state index contributed by atoms with van der Waals surface area (Å²) >= 11 is 5.95. The summed E-state index contributed by atoms with van der Waals surface area (Å²) in [5, 5.41) is 7.21. The SMILES string of the molecule is CCOc1ccccc1C(=O)NCc1noc(-c2cccc(Cl)c2)n1. The van der Waals surface area contributed by atoms with Gasteiger partial charge in [-0.25, -0.2) is 0 Å². The predicted molar refractivity (Wildman–Crippen MR) is 93.5 cm³/mol. The monoisotopic (exact) mass is 357 g/mol. The molecule has 3 rings (SSSR count). The van der Waals surface area contributed by atoms with E-state index in [0.717, 1.165) is 5.56 Å². The summed E-state index contributed by atoms with van der Waals surface area (Å²) in [6.45, 7) is 2.49. The van der Waals surface area contributed by atoms with Crippen molar-refractivity contribution >= 4 is 17.5 Å². The molecular weight excluding hydrogens is 342 g/mol. The number of nitrogens with zero attached hydrogens (tertiary/aromatic N) is 2. The highest BCUT2D eigenvalue weighted by Gasteiger charge is 2.14. The second-order valence-corrected chi connectivity index (χ2v) is 5.57. The van der Waals surface area contributed by atoms with E-state index in [9.17, 15) is 4.79 Å². The molecule has 25 heavy (non-hydrogen) atoms. The molecule has 0 aliphatic heterocycles. The van der Waals surface area contributed by atoms with Crippen LogP contribution in [0.3, 0.4) is 0 Å². The summed E-state index contributed by atoms with van der Waals surface area (Å²) in [6, 6.07) is 14.2. The van der Waals surface area contributed by atoms with Crippen LogP contribution in [-0.4, -0.2) is 22.7 Å². The van der Waals surface area contributed by atoms with E-state index in [-0.39, 0.29) is 12.5 Å². The molecular formula is C18H16ClN3O3. The number of amides is 1. The number of carbonyl (C=O) groups excluding carboxylic acids is 1. The van der Waals surface area contributed by atoms with Crippen molar-refractivity contribution in [3.63, 3.8) is 0 Å². The highest BCUT2D eigenvalue weighted by molar-refractivity contribution is 6.30. The molecule has 0 atom stereocenters. The highest BCUT2D eigenvalue weighted by Crippen LogP contribution is 2.21. The first-order valence-corrected chi connectivity index (χ1v) is 8.13. The summed E-state index contributed by atoms with van der Waals surface area (Å²) < 4.78 is 10.7. The van der Waals surface area contributed by atoms with Crippen molar-refractivity contribution in [1.82, 2.24) is 15.5 Å². The Balaban J connectivity index is 1.67. The molecule has 2 aromatic carbocycles. The second kappa shape index (κ2) is 7.81. The standard InChI is InChI=1S/C18H16ClN3O3/c1-2-24-15-9-4-3-8-14(15)17(23)20-11-16-21-18(25-22-16)12-6-5-7-13(19)10-12/h3-10H,2,11H2,1H3,(H,20,23). The van der Waals surface area contributed by atoms with E-state index < -0.39 is 0 Å². The van der Waals surface area contributed by atoms with Crippen LogP contribution in [-0.2, 0) is 6.54 Å². The smallest absolute Gasteiger partial charge is 0.258 e. The van der Waals surface area contributed by atoms with Gasteiger partial charge in [-0.3, -0.25) is 4.79 Å². The van der Waals surface area contributed by atoms with Crippen LogP contribution in [0.2, 0.25) is 5.02 Å². The molecule has 0 fully saturated rings. The van der Waals surface area contributed by atoms with Gasteiger partial charge >= 0.3 is 0 Å². The summed E-state index contributed by atoms with van der Waals surface area (Å²) in [4.78, 5) is 16.6. The number of ether oxygens (including phenoxy) is 1. The molecule has 0 saturated heterocycles. The lowest BCUT2D eigenvalue weighted by atomic mass is 10.2. The van der Waals surface area contributed by atoms with Gasteiger partial charge in [0.05, 0.1) is 18.7 Å². The minimum Gasteiger partial charge on any atom is -0.493 e. The van der Waals surface area contributed by atoms with Crippen molar-refractivity contribution in [3.8, 4) is 17.2 Å². The van der Waals surface area contributed by atoms with Gasteiger partial charge in [0.25, 0.3) is 11.8 Å². The lowest BCUT2D eigenvalue weighted by Gasteiger charge is -2.09. The van der Waals surface area contributed by atoms with E-state index in [1.54, 1.807) is 36.4 Å². The van der Waals surface area contributed by atoms with Crippen LogP contribution in [0.25, 0.3) is 11.5 Å². The maximum absolute atomic E-state index is 12.3. The molecule has 3 aromatic rings. The van der Waals surface area contributed by atoms with E-state index in [1.165, 1.54) is 0 Å². The minimum atomic E-state index is -0.266. The summed E-state index contributed by atoms with van der Waals surface area (Å²) in [5.74, 6) is 0.993. The van der Waals surface area contributed by atoms with Gasteiger partial charge in [-0.1, -0.05) is 35.0 Å². The molecule has 0 aliphatic rings. The molecule has 1 heterocycles. The quantitative estimate of drug-likeness (QED) is 0.727. The molecule has 0 aliphatic carbocycles. The zero-order valence-electron chi connectivity index (χ0n) is 13.5. The van der Waals surface area contributed by atoms with Gasteiger partial charge < -0.3 is 14.6 Å². The Hall–Kier alpha value is -2.86. The Bertz CT molecular complexity index is 879. The van der Waals surface area contributed by atoms with E-state index >= 15 is 0 Å². The molecule has 0 bridgehead atoms. The second-order valence-electron chi connectivity index (χ2n) is 5.14. The van der Waals surface area contributed by atoms with Gasteiger partial charge in [-0.05, 0) is 37.3 Å². The van der Waals surface area contributed by atoms with E-state index in [2.05, 4.69) is 15.5 Å². The third kappa shape index (κ3) is 4.16. The first kappa shape index (κ1) is 17.0. The van der Waals surface area contributed by atoms with Crippen molar-refractivity contribution in [2.45, 2.75) is 13.5 Å². The zero-order valence-corrected chi connectivity index (χ0v) is 14.3. The topological polar surface area (TPSA) is 77.2 Å². The van der Waals surface area contributed by atoms with Crippen LogP contribution >= 0.6 is 11.6 Å². The first-order chi connectivity index (χ1) is 12.2. The fourth-order valence-electron chi connectivity index (χ4n) is 2.25. The Morgan fingerprint density at radius 2 is 2.08 bits per heavy atom. The fourth-order valence-corrected chi connectivity index (χ4v) is 2.44. The summed E-state index contributed by atoms with van der Waals surface area (Å²) in [5.41, 5.74) is 1.18. The van der Waals surface area contributed by atoms with Crippen molar-refractivity contribution in [1.29, 1.82) is 0 Å². The number of para-hydroxylation sites is 1. The van der Waals surface area contributed by atoms with Gasteiger partial charge in [0, 0.05) is 10.6 Å². The number of carbonyl (C=O) groups is 1. The fraction of sp³-hybridized carbons (Fsp3) is 0.167. The van der Waals surface area contributed by atoms with Crippen molar-refractivity contribution in [3.05, 3.63) is 64.9 Å². The van der Waals surface area contributed by atoms with Gasteiger partial charge in [-0.2, -0.15) is 4.98 Å². The molecule has 128 valence electrons. The third-order valence-corrected chi connectivity index (χ3v) is 3.61. The number of hydrogen-bond donors (Lipinski definition) is 1. The molecule has 0 radical (unpaired) electrons. The Morgan fingerprint density at radius 1 is 1.24 bits per heavy atom. The lowest BCUT2D eigenvalue weighted by molar-refractivity contribution is 0.0946. The number of hydrogen-bond acceptors (Lipinski definition) is 5. The van der Waals surface area contributed by atoms with E-state index in [0.29, 0.717) is 34.7 Å². The molecule has 1 N–H and O–H groups in total. The van der Waals surface area contributed by atoms with Gasteiger partial charge in [0.1, 0.15) is 5.75 Å². The number of benzene rings is 2. The maximum Gasteiger partial charge on any atom is 0.258 e. The molecule has 1 aromatic heterocycles. The molecule has 1 amide bonds. The first-order valence-electron chi connectivity index (χ1n) is 7.76. The predicted octanol–water partition coefficient (Wildman–Crippen LogP) is 3.72. The average Bonchev–Trinajstić information content (AvgIpc) is 3.09. The van der Waals surface area contributed by atoms with Crippen LogP contribution < -0.4 is 10.1 Å². The van der Waals surface area contributed by atoms with Crippen molar-refractivity contribution < 1.29 is 14.1 Å². The van der Waals surface area contributed by atoms with Gasteiger partial charge in [0.15, 0.2) is 5.82 Å². The van der Waals surface area contributed by atoms with Crippen LogP contribution in [0.4, 0.5) is 0 Å². The maximum atomic E-state index is 12.3. The number of rotatable bonds is 6. The molecule has 0 unspecified atom stereocenters. The highest BCUT2D eigenvalue weighted by atomic mass is 35.5. The largest absolute Gasteiger partial charge is 0.493 e. The van der Waals surface area contributed by atoms with Crippen LogP contribution in [0.1, 0.15) is 23.1 Å². The minimum absolute atomic E-state index is 0.142. The average molecular weight is 358 g/mol. The van der Waals surface area contributed by atoms with E-state index in [1.807, 2.05) is 19.1 Å². The normalized spacial score (nSPS) is 10.5. The summed E-state index contributed by atoms with van der Waals surface area (Å²) in [7, 11) is 0. The molecule has 6 nitrogen and oxygen atoms in total. The number of nitrogens with one attached hydrogen (secondary N) is 1. The van der Waals surface area contributed by atoms with E-state index in [4.69, 9.17) is 20.9 Å². The van der Waals surface area contributed by atoms with Gasteiger partial charge in [-0.15, -0.1) is 0 Å². The Labute approximate surface area is 149 Å². The van der Waals surface area contributed by atoms with Gasteiger partial charge in [0.2, 0.25) is 0 Å². The van der Waals surface area contributed by atoms with Crippen LogP contribution in [0.15, 0.2) is 53.1 Å². The van der Waals surface area contributed by atoms with Crippen molar-refractivity contribution in [2.75, 3.05) is 6.61 Å². The van der Waals surface area contributed by atoms with Crippen LogP contribution in [0.5, 0.6) is 5.75 Å². The number of halogens is 1. The zero-order chi connectivity index (χ0) is 17.6. The lowest BCUT2D eigenvalue weighted by Crippen LogP contribution is -2.24. The molecule has 0 saturated carbocycles.